The highest BCUT2D eigenvalue weighted by molar-refractivity contribution is 7.99. The number of hydrogen-bond acceptors (Lipinski definition) is 6. The second kappa shape index (κ2) is 10.2. The van der Waals surface area contributed by atoms with Crippen LogP contribution in [0.1, 0.15) is 27.9 Å². The van der Waals surface area contributed by atoms with Crippen LogP contribution in [0.15, 0.2) is 47.6 Å². The van der Waals surface area contributed by atoms with Crippen LogP contribution in [0.5, 0.6) is 0 Å². The Hall–Kier alpha value is -2.55. The molecule has 5 rings (SSSR count). The first-order chi connectivity index (χ1) is 16.2. The normalized spacial score (nSPS) is 16.2. The quantitative estimate of drug-likeness (QED) is 0.371. The minimum Gasteiger partial charge on any atom is -0.379 e. The van der Waals surface area contributed by atoms with E-state index in [1.807, 2.05) is 10.6 Å². The number of Topliss-reactive ketones (excluding diaryl/α,β-unsaturated/α-hetero) is 1. The Kier molecular flexibility index (Phi) is 6.85. The summed E-state index contributed by atoms with van der Waals surface area (Å²) in [6.45, 7) is 4.80. The Bertz CT molecular complexity index is 1130. The first-order valence-corrected chi connectivity index (χ1v) is 12.4. The summed E-state index contributed by atoms with van der Waals surface area (Å²) >= 11 is 1.41. The molecule has 0 saturated carbocycles. The van der Waals surface area contributed by atoms with Gasteiger partial charge in [0, 0.05) is 37.3 Å². The molecule has 2 heterocycles. The number of aromatic nitrogens is 3. The summed E-state index contributed by atoms with van der Waals surface area (Å²) in [5.41, 5.74) is 4.24. The number of nitrogens with zero attached hydrogens (tertiary/aromatic N) is 4. The molecule has 0 radical (unpaired) electrons. The molecule has 0 N–H and O–H groups in total. The average Bonchev–Trinajstić information content (AvgIpc) is 3.48. The highest BCUT2D eigenvalue weighted by Crippen LogP contribution is 2.27. The van der Waals surface area contributed by atoms with E-state index < -0.39 is 0 Å². The van der Waals surface area contributed by atoms with Crippen LogP contribution in [0.25, 0.3) is 11.4 Å². The molecule has 0 amide bonds. The first kappa shape index (κ1) is 22.3. The Morgan fingerprint density at radius 3 is 2.61 bits per heavy atom. The number of rotatable bonds is 8. The first-order valence-electron chi connectivity index (χ1n) is 11.4. The van der Waals surface area contributed by atoms with Crippen LogP contribution in [0.3, 0.4) is 0 Å². The number of morpholine rings is 1. The minimum atomic E-state index is -0.285. The fourth-order valence-corrected chi connectivity index (χ4v) is 5.29. The molecule has 1 aromatic heterocycles. The Morgan fingerprint density at radius 2 is 1.79 bits per heavy atom. The number of hydrogen-bond donors (Lipinski definition) is 0. The summed E-state index contributed by atoms with van der Waals surface area (Å²) in [5.74, 6) is 0.807. The number of benzene rings is 2. The lowest BCUT2D eigenvalue weighted by Gasteiger charge is -2.27. The van der Waals surface area contributed by atoms with Gasteiger partial charge in [0.25, 0.3) is 0 Å². The van der Waals surface area contributed by atoms with Gasteiger partial charge in [-0.2, -0.15) is 0 Å². The maximum absolute atomic E-state index is 13.4. The highest BCUT2D eigenvalue weighted by atomic mass is 32.2. The van der Waals surface area contributed by atoms with Gasteiger partial charge in [-0.3, -0.25) is 9.69 Å². The van der Waals surface area contributed by atoms with Crippen molar-refractivity contribution >= 4 is 17.5 Å². The SMILES string of the molecule is O=C(CSc1nnc(-c2ccc(F)cc2)n1CCN1CCOCC1)c1ccc2c(c1)CCC2. The van der Waals surface area contributed by atoms with Gasteiger partial charge in [-0.1, -0.05) is 23.9 Å². The topological polar surface area (TPSA) is 60.2 Å². The second-order valence-electron chi connectivity index (χ2n) is 8.47. The molecule has 0 spiro atoms. The van der Waals surface area contributed by atoms with Crippen LogP contribution in [0.4, 0.5) is 4.39 Å². The smallest absolute Gasteiger partial charge is 0.191 e. The fourth-order valence-electron chi connectivity index (χ4n) is 4.43. The predicted octanol–water partition coefficient (Wildman–Crippen LogP) is 3.88. The summed E-state index contributed by atoms with van der Waals surface area (Å²) in [6.07, 6.45) is 3.33. The van der Waals surface area contributed by atoms with Gasteiger partial charge in [0.1, 0.15) is 5.82 Å². The van der Waals surface area contributed by atoms with Crippen molar-refractivity contribution in [3.8, 4) is 11.4 Å². The second-order valence-corrected chi connectivity index (χ2v) is 9.41. The minimum absolute atomic E-state index is 0.0979. The number of ether oxygens (including phenoxy) is 1. The van der Waals surface area contributed by atoms with Gasteiger partial charge in [-0.15, -0.1) is 10.2 Å². The largest absolute Gasteiger partial charge is 0.379 e. The van der Waals surface area contributed by atoms with E-state index in [-0.39, 0.29) is 11.6 Å². The molecule has 0 bridgehead atoms. The summed E-state index contributed by atoms with van der Waals surface area (Å²) < 4.78 is 20.9. The third kappa shape index (κ3) is 5.18. The Balaban J connectivity index is 1.33. The van der Waals surface area contributed by atoms with Crippen LogP contribution in [-0.4, -0.2) is 64.0 Å². The molecular weight excluding hydrogens is 439 g/mol. The van der Waals surface area contributed by atoms with E-state index in [2.05, 4.69) is 27.2 Å². The van der Waals surface area contributed by atoms with E-state index in [4.69, 9.17) is 4.74 Å². The maximum Gasteiger partial charge on any atom is 0.191 e. The van der Waals surface area contributed by atoms with E-state index in [0.29, 0.717) is 23.3 Å². The van der Waals surface area contributed by atoms with Gasteiger partial charge in [0.15, 0.2) is 16.8 Å². The molecule has 2 aromatic carbocycles. The number of thioether (sulfide) groups is 1. The van der Waals surface area contributed by atoms with Gasteiger partial charge in [-0.05, 0) is 60.7 Å². The van der Waals surface area contributed by atoms with Crippen LogP contribution in [0.2, 0.25) is 0 Å². The lowest BCUT2D eigenvalue weighted by atomic mass is 10.0. The number of fused-ring (bicyclic) bond motifs is 1. The zero-order chi connectivity index (χ0) is 22.6. The summed E-state index contributed by atoms with van der Waals surface area (Å²) in [7, 11) is 0. The van der Waals surface area contributed by atoms with E-state index in [1.54, 1.807) is 12.1 Å². The number of aryl methyl sites for hydroxylation is 2. The molecule has 8 heteroatoms. The molecule has 1 saturated heterocycles. The van der Waals surface area contributed by atoms with Crippen molar-refractivity contribution in [2.45, 2.75) is 31.0 Å². The molecule has 0 unspecified atom stereocenters. The number of carbonyl (C=O) groups is 1. The van der Waals surface area contributed by atoms with Crippen LogP contribution < -0.4 is 0 Å². The Morgan fingerprint density at radius 1 is 1.00 bits per heavy atom. The summed E-state index contributed by atoms with van der Waals surface area (Å²) in [5, 5.41) is 9.49. The molecule has 0 atom stereocenters. The third-order valence-electron chi connectivity index (χ3n) is 6.32. The van der Waals surface area contributed by atoms with Crippen molar-refractivity contribution in [2.24, 2.45) is 0 Å². The zero-order valence-corrected chi connectivity index (χ0v) is 19.3. The monoisotopic (exact) mass is 466 g/mol. The van der Waals surface area contributed by atoms with Gasteiger partial charge >= 0.3 is 0 Å². The molecular formula is C25H27FN4O2S. The molecule has 6 nitrogen and oxygen atoms in total. The molecule has 1 fully saturated rings. The molecule has 1 aliphatic carbocycles. The van der Waals surface area contributed by atoms with E-state index in [9.17, 15) is 9.18 Å². The summed E-state index contributed by atoms with van der Waals surface area (Å²) in [4.78, 5) is 15.3. The number of carbonyl (C=O) groups excluding carboxylic acids is 1. The van der Waals surface area contributed by atoms with Gasteiger partial charge in [0.2, 0.25) is 0 Å². The molecule has 3 aromatic rings. The van der Waals surface area contributed by atoms with Crippen molar-refractivity contribution in [1.29, 1.82) is 0 Å². The molecule has 2 aliphatic rings. The van der Waals surface area contributed by atoms with Crippen molar-refractivity contribution in [2.75, 3.05) is 38.6 Å². The van der Waals surface area contributed by atoms with Crippen molar-refractivity contribution in [3.05, 3.63) is 65.0 Å². The fraction of sp³-hybridized carbons (Fsp3) is 0.400. The lowest BCUT2D eigenvalue weighted by Crippen LogP contribution is -2.38. The molecule has 33 heavy (non-hydrogen) atoms. The van der Waals surface area contributed by atoms with Crippen molar-refractivity contribution in [1.82, 2.24) is 19.7 Å². The number of halogens is 1. The van der Waals surface area contributed by atoms with E-state index in [1.165, 1.54) is 41.4 Å². The van der Waals surface area contributed by atoms with Crippen LogP contribution in [-0.2, 0) is 24.1 Å². The number of ketones is 1. The summed E-state index contributed by atoms with van der Waals surface area (Å²) in [6, 6.07) is 12.4. The van der Waals surface area contributed by atoms with E-state index >= 15 is 0 Å². The average molecular weight is 467 g/mol. The van der Waals surface area contributed by atoms with Crippen molar-refractivity contribution < 1.29 is 13.9 Å². The van der Waals surface area contributed by atoms with Gasteiger partial charge < -0.3 is 9.30 Å². The lowest BCUT2D eigenvalue weighted by molar-refractivity contribution is 0.0361. The Labute approximate surface area is 197 Å². The standard InChI is InChI=1S/C25H27FN4O2S/c26-22-8-6-19(7-9-22)24-27-28-25(30(24)11-10-29-12-14-32-15-13-29)33-17-23(31)21-5-4-18-2-1-3-20(18)16-21/h4-9,16H,1-3,10-15,17H2. The third-order valence-corrected chi connectivity index (χ3v) is 7.28. The van der Waals surface area contributed by atoms with Crippen LogP contribution >= 0.6 is 11.8 Å². The molecule has 172 valence electrons. The van der Waals surface area contributed by atoms with Gasteiger partial charge in [0.05, 0.1) is 19.0 Å². The van der Waals surface area contributed by atoms with Gasteiger partial charge in [-0.25, -0.2) is 4.39 Å². The van der Waals surface area contributed by atoms with Crippen LogP contribution in [0, 0.1) is 5.82 Å². The maximum atomic E-state index is 13.4. The van der Waals surface area contributed by atoms with Crippen molar-refractivity contribution in [3.63, 3.8) is 0 Å². The zero-order valence-electron chi connectivity index (χ0n) is 18.5. The molecule has 1 aliphatic heterocycles. The predicted molar refractivity (Wildman–Crippen MR) is 126 cm³/mol. The van der Waals surface area contributed by atoms with E-state index in [0.717, 1.165) is 56.8 Å². The highest BCUT2D eigenvalue weighted by Gasteiger charge is 2.19.